The fourth-order valence-electron chi connectivity index (χ4n) is 3.64. The Balaban J connectivity index is 1.68. The van der Waals surface area contributed by atoms with Gasteiger partial charge in [0.05, 0.1) is 5.57 Å². The average Bonchev–Trinajstić information content (AvgIpc) is 2.73. The molecule has 1 aromatic carbocycles. The van der Waals surface area contributed by atoms with Gasteiger partial charge in [0.15, 0.2) is 0 Å². The largest absolute Gasteiger partial charge is 0.411 e. The maximum absolute atomic E-state index is 13.0. The van der Waals surface area contributed by atoms with Crippen molar-refractivity contribution in [2.75, 3.05) is 13.6 Å². The lowest BCUT2D eigenvalue weighted by Gasteiger charge is -2.24. The van der Waals surface area contributed by atoms with Gasteiger partial charge in [0.1, 0.15) is 5.71 Å². The molecule has 1 heterocycles. The molecule has 0 aliphatic heterocycles. The van der Waals surface area contributed by atoms with Crippen LogP contribution in [0.4, 0.5) is 0 Å². The summed E-state index contributed by atoms with van der Waals surface area (Å²) < 4.78 is 0. The molecule has 1 aliphatic carbocycles. The van der Waals surface area contributed by atoms with E-state index in [4.69, 9.17) is 0 Å². The Morgan fingerprint density at radius 2 is 2.03 bits per heavy atom. The van der Waals surface area contributed by atoms with Crippen LogP contribution in [0.3, 0.4) is 0 Å². The zero-order valence-electron chi connectivity index (χ0n) is 17.2. The van der Waals surface area contributed by atoms with Crippen molar-refractivity contribution in [3.63, 3.8) is 0 Å². The van der Waals surface area contributed by atoms with Gasteiger partial charge in [-0.2, -0.15) is 0 Å². The third kappa shape index (κ3) is 4.80. The van der Waals surface area contributed by atoms with Gasteiger partial charge in [-0.05, 0) is 61.6 Å². The monoisotopic (exact) mass is 389 g/mol. The molecule has 1 atom stereocenters. The third-order valence-corrected chi connectivity index (χ3v) is 5.30. The van der Waals surface area contributed by atoms with E-state index in [0.29, 0.717) is 17.8 Å². The maximum atomic E-state index is 13.0. The molecule has 5 heteroatoms. The normalized spacial score (nSPS) is 17.3. The fourth-order valence-corrected chi connectivity index (χ4v) is 3.64. The number of amides is 1. The fraction of sp³-hybridized carbons (Fsp3) is 0.292. The number of carbonyl (C=O) groups is 1. The van der Waals surface area contributed by atoms with Gasteiger partial charge in [0.2, 0.25) is 0 Å². The van der Waals surface area contributed by atoms with Crippen molar-refractivity contribution in [2.24, 2.45) is 5.16 Å². The molecular formula is C24H27N3O2. The first-order valence-corrected chi connectivity index (χ1v) is 9.84. The van der Waals surface area contributed by atoms with Gasteiger partial charge < -0.3 is 10.1 Å². The van der Waals surface area contributed by atoms with Crippen LogP contribution in [0.1, 0.15) is 34.7 Å². The highest BCUT2D eigenvalue weighted by Gasteiger charge is 2.28. The van der Waals surface area contributed by atoms with Crippen LogP contribution in [0.5, 0.6) is 0 Å². The number of pyridine rings is 1. The molecule has 0 spiro atoms. The van der Waals surface area contributed by atoms with Crippen LogP contribution >= 0.6 is 0 Å². The SMILES string of the molecule is Cc1cc([C@H]2C=CC=C(C(=O)N(C)CCCc3ccccc3C)/C2=N/O)ccn1. The molecule has 0 saturated carbocycles. The van der Waals surface area contributed by atoms with E-state index in [1.165, 1.54) is 11.1 Å². The molecule has 0 radical (unpaired) electrons. The minimum absolute atomic E-state index is 0.136. The number of aryl methyl sites for hydroxylation is 3. The van der Waals surface area contributed by atoms with Crippen molar-refractivity contribution in [1.82, 2.24) is 9.88 Å². The third-order valence-electron chi connectivity index (χ3n) is 5.30. The summed E-state index contributed by atoms with van der Waals surface area (Å²) >= 11 is 0. The van der Waals surface area contributed by atoms with Crippen LogP contribution in [0.15, 0.2) is 71.6 Å². The number of hydrogen-bond donors (Lipinski definition) is 1. The molecule has 1 aromatic heterocycles. The van der Waals surface area contributed by atoms with Gasteiger partial charge in [-0.15, -0.1) is 0 Å². The molecule has 1 amide bonds. The Morgan fingerprint density at radius 1 is 1.24 bits per heavy atom. The Labute approximate surface area is 172 Å². The van der Waals surface area contributed by atoms with Crippen molar-refractivity contribution in [2.45, 2.75) is 32.6 Å². The Hall–Kier alpha value is -3.21. The van der Waals surface area contributed by atoms with Crippen molar-refractivity contribution >= 4 is 11.6 Å². The summed E-state index contributed by atoms with van der Waals surface area (Å²) in [5, 5.41) is 13.2. The molecule has 1 N–H and O–H groups in total. The molecule has 0 unspecified atom stereocenters. The second-order valence-corrected chi connectivity index (χ2v) is 7.42. The van der Waals surface area contributed by atoms with Gasteiger partial charge >= 0.3 is 0 Å². The van der Waals surface area contributed by atoms with Gasteiger partial charge in [0, 0.05) is 31.4 Å². The Morgan fingerprint density at radius 3 is 2.76 bits per heavy atom. The minimum Gasteiger partial charge on any atom is -0.411 e. The van der Waals surface area contributed by atoms with Gasteiger partial charge in [-0.3, -0.25) is 9.78 Å². The van der Waals surface area contributed by atoms with Crippen LogP contribution < -0.4 is 0 Å². The highest BCUT2D eigenvalue weighted by Crippen LogP contribution is 2.27. The Bertz CT molecular complexity index is 976. The molecule has 3 rings (SSSR count). The molecular weight excluding hydrogens is 362 g/mol. The predicted molar refractivity (Wildman–Crippen MR) is 115 cm³/mol. The first-order valence-electron chi connectivity index (χ1n) is 9.84. The van der Waals surface area contributed by atoms with E-state index >= 15 is 0 Å². The highest BCUT2D eigenvalue weighted by molar-refractivity contribution is 6.24. The van der Waals surface area contributed by atoms with Crippen LogP contribution in [-0.2, 0) is 11.2 Å². The van der Waals surface area contributed by atoms with E-state index in [0.717, 1.165) is 24.1 Å². The summed E-state index contributed by atoms with van der Waals surface area (Å²) in [6.07, 6.45) is 9.02. The van der Waals surface area contributed by atoms with E-state index in [-0.39, 0.29) is 11.8 Å². The number of nitrogens with zero attached hydrogens (tertiary/aromatic N) is 3. The second-order valence-electron chi connectivity index (χ2n) is 7.42. The van der Waals surface area contributed by atoms with Crippen molar-refractivity contribution in [3.05, 3.63) is 88.8 Å². The standard InChI is InChI=1S/C24H27N3O2/c1-17-8-4-5-9-19(17)10-7-15-27(3)24(28)22-12-6-11-21(23(22)26-29)20-13-14-25-18(2)16-20/h4-6,8-9,11-14,16,21,29H,7,10,15H2,1-3H3/b26-23+/t21-/m1/s1. The molecule has 0 bridgehead atoms. The van der Waals surface area contributed by atoms with E-state index in [9.17, 15) is 10.0 Å². The molecule has 2 aromatic rings. The number of likely N-dealkylation sites (N-methyl/N-ethyl adjacent to an activating group) is 1. The van der Waals surface area contributed by atoms with Crippen LogP contribution in [0.2, 0.25) is 0 Å². The quantitative estimate of drug-likeness (QED) is 0.595. The van der Waals surface area contributed by atoms with Crippen LogP contribution in [0, 0.1) is 13.8 Å². The minimum atomic E-state index is -0.272. The number of rotatable bonds is 6. The van der Waals surface area contributed by atoms with E-state index in [1.807, 2.05) is 43.3 Å². The summed E-state index contributed by atoms with van der Waals surface area (Å²) in [5.74, 6) is -0.409. The van der Waals surface area contributed by atoms with Gasteiger partial charge in [0.25, 0.3) is 5.91 Å². The summed E-state index contributed by atoms with van der Waals surface area (Å²) in [4.78, 5) is 19.0. The average molecular weight is 389 g/mol. The number of allylic oxidation sites excluding steroid dienone is 3. The lowest BCUT2D eigenvalue weighted by Crippen LogP contribution is -2.34. The number of oxime groups is 1. The summed E-state index contributed by atoms with van der Waals surface area (Å²) in [6.45, 7) is 4.65. The van der Waals surface area contributed by atoms with Gasteiger partial charge in [-0.25, -0.2) is 0 Å². The van der Waals surface area contributed by atoms with Crippen molar-refractivity contribution < 1.29 is 10.0 Å². The lowest BCUT2D eigenvalue weighted by atomic mass is 9.86. The van der Waals surface area contributed by atoms with E-state index in [2.05, 4.69) is 29.2 Å². The summed E-state index contributed by atoms with van der Waals surface area (Å²) in [5.41, 5.74) is 5.19. The first kappa shape index (κ1) is 20.5. The zero-order chi connectivity index (χ0) is 20.8. The number of aromatic nitrogens is 1. The number of carbonyl (C=O) groups excluding carboxylic acids is 1. The predicted octanol–water partition coefficient (Wildman–Crippen LogP) is 4.20. The molecule has 1 aliphatic rings. The topological polar surface area (TPSA) is 65.8 Å². The number of hydrogen-bond acceptors (Lipinski definition) is 4. The zero-order valence-corrected chi connectivity index (χ0v) is 17.2. The highest BCUT2D eigenvalue weighted by atomic mass is 16.4. The number of benzene rings is 1. The van der Waals surface area contributed by atoms with E-state index in [1.54, 1.807) is 24.2 Å². The summed E-state index contributed by atoms with van der Waals surface area (Å²) in [7, 11) is 1.79. The molecule has 0 saturated heterocycles. The van der Waals surface area contributed by atoms with E-state index < -0.39 is 0 Å². The smallest absolute Gasteiger partial charge is 0.255 e. The van der Waals surface area contributed by atoms with Gasteiger partial charge in [-0.1, -0.05) is 41.6 Å². The molecule has 5 nitrogen and oxygen atoms in total. The lowest BCUT2D eigenvalue weighted by molar-refractivity contribution is -0.125. The second kappa shape index (κ2) is 9.32. The summed E-state index contributed by atoms with van der Waals surface area (Å²) in [6, 6.07) is 12.1. The van der Waals surface area contributed by atoms with Crippen LogP contribution in [0.25, 0.3) is 0 Å². The first-order chi connectivity index (χ1) is 14.0. The van der Waals surface area contributed by atoms with Crippen molar-refractivity contribution in [3.8, 4) is 0 Å². The molecule has 150 valence electrons. The molecule has 0 fully saturated rings. The Kier molecular flexibility index (Phi) is 6.60. The maximum Gasteiger partial charge on any atom is 0.255 e. The van der Waals surface area contributed by atoms with Crippen LogP contribution in [-0.4, -0.2) is 40.3 Å². The molecule has 29 heavy (non-hydrogen) atoms. The van der Waals surface area contributed by atoms with Crippen molar-refractivity contribution in [1.29, 1.82) is 0 Å².